The minimum atomic E-state index is -2.36. The molecule has 0 aliphatic rings. The van der Waals surface area contributed by atoms with Crippen LogP contribution in [0.4, 0.5) is 0 Å². The van der Waals surface area contributed by atoms with E-state index in [9.17, 15) is 14.7 Å². The number of allylic oxidation sites excluding steroid dienone is 1. The highest BCUT2D eigenvalue weighted by molar-refractivity contribution is 6.75. The van der Waals surface area contributed by atoms with Crippen molar-refractivity contribution in [2.75, 3.05) is 14.2 Å². The average Bonchev–Trinajstić information content (AvgIpc) is 3.02. The second-order valence-corrected chi connectivity index (χ2v) is 25.0. The second kappa shape index (κ2) is 15.7. The third-order valence-electron chi connectivity index (χ3n) is 9.93. The Bertz CT molecular complexity index is 1750. The molecule has 0 aromatic heterocycles. The molecule has 270 valence electrons. The van der Waals surface area contributed by atoms with Crippen LogP contribution in [0, 0.1) is 0 Å². The quantitative estimate of drug-likeness (QED) is 0.134. The number of para-hydroxylation sites is 2. The minimum absolute atomic E-state index is 0.0199. The van der Waals surface area contributed by atoms with Gasteiger partial charge in [-0.3, -0.25) is 4.79 Å². The summed E-state index contributed by atoms with van der Waals surface area (Å²) >= 11 is 0. The standard InChI is InChI=1S/C40H55NO7Si2/c1-27(29-22-24-33(45-8)34(26-29)46-9)36(30-19-15-17-21-32(30)48-50(12,13)40(5,6)7)37(38(43)44)41-35(42)25-23-28-18-14-16-20-31(28)47-49(10,11)39(2,3)4/h14-27H,1-13H3,(H,41,42)(H,43,44)/b25-23+,37-36+. The van der Waals surface area contributed by atoms with E-state index >= 15 is 0 Å². The highest BCUT2D eigenvalue weighted by Crippen LogP contribution is 2.44. The van der Waals surface area contributed by atoms with Gasteiger partial charge in [0.25, 0.3) is 16.6 Å². The molecule has 0 bridgehead atoms. The molecule has 0 aliphatic carbocycles. The van der Waals surface area contributed by atoms with Crippen LogP contribution in [0.2, 0.25) is 36.3 Å². The van der Waals surface area contributed by atoms with Crippen molar-refractivity contribution in [3.8, 4) is 23.0 Å². The van der Waals surface area contributed by atoms with E-state index in [4.69, 9.17) is 18.3 Å². The molecule has 3 aromatic rings. The van der Waals surface area contributed by atoms with Crippen molar-refractivity contribution in [3.05, 3.63) is 95.2 Å². The lowest BCUT2D eigenvalue weighted by atomic mass is 9.86. The van der Waals surface area contributed by atoms with E-state index in [0.717, 1.165) is 11.1 Å². The van der Waals surface area contributed by atoms with E-state index in [1.807, 2.05) is 67.6 Å². The van der Waals surface area contributed by atoms with Crippen LogP contribution in [0.1, 0.15) is 71.1 Å². The van der Waals surface area contributed by atoms with Crippen molar-refractivity contribution in [1.29, 1.82) is 0 Å². The van der Waals surface area contributed by atoms with Crippen molar-refractivity contribution >= 4 is 40.2 Å². The van der Waals surface area contributed by atoms with Gasteiger partial charge in [-0.2, -0.15) is 0 Å². The monoisotopic (exact) mass is 717 g/mol. The van der Waals surface area contributed by atoms with Gasteiger partial charge in [0.15, 0.2) is 11.5 Å². The summed E-state index contributed by atoms with van der Waals surface area (Å²) in [5.41, 5.74) is 2.20. The first-order valence-corrected chi connectivity index (χ1v) is 22.7. The molecular formula is C40H55NO7Si2. The predicted octanol–water partition coefficient (Wildman–Crippen LogP) is 9.90. The number of rotatable bonds is 13. The zero-order valence-corrected chi connectivity index (χ0v) is 34.0. The third kappa shape index (κ3) is 9.48. The van der Waals surface area contributed by atoms with E-state index < -0.39 is 34.4 Å². The highest BCUT2D eigenvalue weighted by atomic mass is 28.4. The molecule has 3 rings (SSSR count). The Labute approximate surface area is 300 Å². The van der Waals surface area contributed by atoms with E-state index in [-0.39, 0.29) is 15.8 Å². The maximum Gasteiger partial charge on any atom is 0.352 e. The summed E-state index contributed by atoms with van der Waals surface area (Å²) < 4.78 is 24.4. The fourth-order valence-corrected chi connectivity index (χ4v) is 6.86. The van der Waals surface area contributed by atoms with Crippen LogP contribution < -0.4 is 23.6 Å². The number of carbonyl (C=O) groups excluding carboxylic acids is 1. The maximum absolute atomic E-state index is 13.6. The second-order valence-electron chi connectivity index (χ2n) is 15.5. The predicted molar refractivity (Wildman–Crippen MR) is 208 cm³/mol. The molecule has 0 fully saturated rings. The largest absolute Gasteiger partial charge is 0.543 e. The summed E-state index contributed by atoms with van der Waals surface area (Å²) in [6.45, 7) is 23.5. The fraction of sp³-hybridized carbons (Fsp3) is 0.400. The molecule has 0 radical (unpaired) electrons. The number of carboxylic acids is 1. The molecule has 1 unspecified atom stereocenters. The van der Waals surface area contributed by atoms with E-state index in [0.29, 0.717) is 34.1 Å². The number of hydrogen-bond acceptors (Lipinski definition) is 6. The molecule has 50 heavy (non-hydrogen) atoms. The first-order chi connectivity index (χ1) is 23.1. The van der Waals surface area contributed by atoms with Gasteiger partial charge in [-0.05, 0) is 72.2 Å². The number of ether oxygens (including phenoxy) is 2. The number of methoxy groups -OCH3 is 2. The van der Waals surface area contributed by atoms with Crippen molar-refractivity contribution in [1.82, 2.24) is 5.32 Å². The number of benzene rings is 3. The lowest BCUT2D eigenvalue weighted by Crippen LogP contribution is -2.44. The van der Waals surface area contributed by atoms with Crippen molar-refractivity contribution < 1.29 is 33.0 Å². The van der Waals surface area contributed by atoms with Crippen LogP contribution in [0.15, 0.2) is 78.5 Å². The van der Waals surface area contributed by atoms with Crippen LogP contribution in [0.5, 0.6) is 23.0 Å². The van der Waals surface area contributed by atoms with E-state index in [1.165, 1.54) is 6.08 Å². The Morgan fingerprint density at radius 1 is 0.740 bits per heavy atom. The summed E-state index contributed by atoms with van der Waals surface area (Å²) in [6.07, 6.45) is 3.00. The van der Waals surface area contributed by atoms with Crippen LogP contribution in [0.3, 0.4) is 0 Å². The molecule has 1 amide bonds. The van der Waals surface area contributed by atoms with Gasteiger partial charge in [-0.15, -0.1) is 0 Å². The molecule has 0 aliphatic heterocycles. The number of nitrogens with one attached hydrogen (secondary N) is 1. The molecule has 1 atom stereocenters. The van der Waals surface area contributed by atoms with Gasteiger partial charge in [-0.1, -0.05) is 90.9 Å². The van der Waals surface area contributed by atoms with Gasteiger partial charge in [0, 0.05) is 28.7 Å². The molecule has 0 saturated heterocycles. The van der Waals surface area contributed by atoms with Gasteiger partial charge < -0.3 is 28.7 Å². The van der Waals surface area contributed by atoms with Gasteiger partial charge >= 0.3 is 5.97 Å². The Hall–Kier alpha value is -4.29. The zero-order valence-electron chi connectivity index (χ0n) is 32.0. The van der Waals surface area contributed by atoms with Crippen LogP contribution in [0.25, 0.3) is 11.6 Å². The highest BCUT2D eigenvalue weighted by Gasteiger charge is 2.40. The van der Waals surface area contributed by atoms with Gasteiger partial charge in [-0.25, -0.2) is 4.79 Å². The van der Waals surface area contributed by atoms with Crippen LogP contribution in [-0.2, 0) is 9.59 Å². The van der Waals surface area contributed by atoms with Crippen LogP contribution in [-0.4, -0.2) is 47.8 Å². The molecule has 0 spiro atoms. The Kier molecular flexibility index (Phi) is 12.6. The first kappa shape index (κ1) is 40.1. The summed E-state index contributed by atoms with van der Waals surface area (Å²) in [5.74, 6) is -0.108. The summed E-state index contributed by atoms with van der Waals surface area (Å²) in [5, 5.41) is 13.3. The summed E-state index contributed by atoms with van der Waals surface area (Å²) in [6, 6.07) is 20.4. The molecule has 0 heterocycles. The normalized spacial score (nSPS) is 13.7. The molecule has 2 N–H and O–H groups in total. The Morgan fingerprint density at radius 3 is 1.80 bits per heavy atom. The average molecular weight is 718 g/mol. The van der Waals surface area contributed by atoms with Gasteiger partial charge in [0.05, 0.1) is 14.2 Å². The van der Waals surface area contributed by atoms with Crippen LogP contribution >= 0.6 is 0 Å². The number of carbonyl (C=O) groups is 2. The number of hydrogen-bond donors (Lipinski definition) is 2. The van der Waals surface area contributed by atoms with Crippen molar-refractivity contribution in [2.45, 2.75) is 90.6 Å². The fourth-order valence-electron chi connectivity index (χ4n) is 4.78. The topological polar surface area (TPSA) is 103 Å². The minimum Gasteiger partial charge on any atom is -0.543 e. The van der Waals surface area contributed by atoms with E-state index in [2.05, 4.69) is 73.0 Å². The van der Waals surface area contributed by atoms with E-state index in [1.54, 1.807) is 26.4 Å². The Balaban J connectivity index is 2.19. The maximum atomic E-state index is 13.6. The third-order valence-corrected chi connectivity index (χ3v) is 18.6. The molecule has 8 nitrogen and oxygen atoms in total. The van der Waals surface area contributed by atoms with Gasteiger partial charge in [0.1, 0.15) is 17.2 Å². The molecule has 0 saturated carbocycles. The summed E-state index contributed by atoms with van der Waals surface area (Å²) in [4.78, 5) is 26.8. The molecular weight excluding hydrogens is 663 g/mol. The number of amides is 1. The molecule has 10 heteroatoms. The lowest BCUT2D eigenvalue weighted by molar-refractivity contribution is -0.134. The number of aliphatic carboxylic acids is 1. The van der Waals surface area contributed by atoms with Crippen molar-refractivity contribution in [3.63, 3.8) is 0 Å². The van der Waals surface area contributed by atoms with Crippen molar-refractivity contribution in [2.24, 2.45) is 0 Å². The molecule has 3 aromatic carbocycles. The zero-order chi connectivity index (χ0) is 37.7. The van der Waals surface area contributed by atoms with Gasteiger partial charge in [0.2, 0.25) is 5.91 Å². The Morgan fingerprint density at radius 2 is 1.26 bits per heavy atom. The number of carboxylic acid groups (broad SMARTS) is 1. The first-order valence-electron chi connectivity index (χ1n) is 16.9. The lowest BCUT2D eigenvalue weighted by Gasteiger charge is -2.37. The summed E-state index contributed by atoms with van der Waals surface area (Å²) in [7, 11) is -1.41. The smallest absolute Gasteiger partial charge is 0.352 e. The SMILES string of the molecule is COc1ccc(C(C)/C(=C(\NC(=O)/C=C/c2ccccc2O[Si](C)(C)C(C)(C)C)C(=O)O)c2ccccc2O[Si](C)(C)C(C)(C)C)cc1OC.